The second kappa shape index (κ2) is 14.7. The van der Waals surface area contributed by atoms with Crippen molar-refractivity contribution in [3.63, 3.8) is 0 Å². The Morgan fingerprint density at radius 3 is 1.67 bits per heavy atom. The van der Waals surface area contributed by atoms with E-state index in [1.54, 1.807) is 0 Å². The average molecular weight is 792 g/mol. The molecule has 10 aromatic rings. The minimum Gasteiger partial charge on any atom is -0.309 e. The van der Waals surface area contributed by atoms with Gasteiger partial charge in [-0.1, -0.05) is 199 Å². The Morgan fingerprint density at radius 2 is 0.917 bits per heavy atom. The number of hydrogen-bond acceptors (Lipinski definition) is 2. The maximum atomic E-state index is 2.47. The van der Waals surface area contributed by atoms with Gasteiger partial charge < -0.3 is 4.90 Å². The van der Waals surface area contributed by atoms with E-state index < -0.39 is 0 Å². The monoisotopic (exact) mass is 791 g/mol. The first-order valence-electron chi connectivity index (χ1n) is 21.1. The summed E-state index contributed by atoms with van der Waals surface area (Å²) in [6, 6.07) is 70.0. The summed E-state index contributed by atoms with van der Waals surface area (Å²) in [4.78, 5) is 2.47. The van der Waals surface area contributed by atoms with Crippen LogP contribution in [0.1, 0.15) is 52.7 Å². The Balaban J connectivity index is 1.18. The van der Waals surface area contributed by atoms with Crippen LogP contribution in [0.4, 0.5) is 17.1 Å². The van der Waals surface area contributed by atoms with Crippen molar-refractivity contribution in [1.29, 1.82) is 0 Å². The number of thiophene rings is 1. The molecule has 0 bridgehead atoms. The summed E-state index contributed by atoms with van der Waals surface area (Å²) in [6.45, 7) is 13.9. The van der Waals surface area contributed by atoms with Crippen molar-refractivity contribution in [1.82, 2.24) is 0 Å². The number of benzene rings is 9. The topological polar surface area (TPSA) is 3.24 Å². The smallest absolute Gasteiger partial charge is 0.0540 e. The molecule has 0 aliphatic heterocycles. The van der Waals surface area contributed by atoms with E-state index in [9.17, 15) is 0 Å². The Morgan fingerprint density at radius 1 is 0.383 bits per heavy atom. The lowest BCUT2D eigenvalue weighted by Crippen LogP contribution is -2.16. The molecule has 2 heteroatoms. The standard InChI is InChI=1S/C58H49NS/c1-57(2,3)42-35-41(36-43(37-42)58(4,5)6)46-24-13-19-40-20-14-26-50(55(40)46)48-22-9-11-28-53(48)59(52-29-15-18-38-17-7-8-21-45(38)52)44-33-31-39(32-34-44)47-25-16-27-51-49-23-10-12-30-54(49)60-56(47)51/h7-37H,1-6H3. The number of nitrogens with zero attached hydrogens (tertiary/aromatic N) is 1. The van der Waals surface area contributed by atoms with Gasteiger partial charge in [0.25, 0.3) is 0 Å². The molecule has 0 unspecified atom stereocenters. The van der Waals surface area contributed by atoms with Gasteiger partial charge in [-0.3, -0.25) is 0 Å². The summed E-state index contributed by atoms with van der Waals surface area (Å²) in [6.07, 6.45) is 0. The van der Waals surface area contributed by atoms with Crippen LogP contribution in [0.25, 0.3) is 75.1 Å². The van der Waals surface area contributed by atoms with Crippen molar-refractivity contribution < 1.29 is 0 Å². The number of para-hydroxylation sites is 1. The van der Waals surface area contributed by atoms with Crippen molar-refractivity contribution in [3.8, 4) is 33.4 Å². The maximum absolute atomic E-state index is 2.47. The molecule has 292 valence electrons. The number of hydrogen-bond donors (Lipinski definition) is 0. The first-order valence-corrected chi connectivity index (χ1v) is 21.9. The van der Waals surface area contributed by atoms with E-state index in [1.807, 2.05) is 11.3 Å². The number of fused-ring (bicyclic) bond motifs is 5. The highest BCUT2D eigenvalue weighted by Crippen LogP contribution is 2.48. The third-order valence-corrected chi connectivity index (χ3v) is 13.4. The lowest BCUT2D eigenvalue weighted by molar-refractivity contribution is 0.569. The number of rotatable bonds is 6. The Kier molecular flexibility index (Phi) is 9.23. The lowest BCUT2D eigenvalue weighted by atomic mass is 9.78. The Bertz CT molecular complexity index is 3180. The molecule has 0 N–H and O–H groups in total. The molecule has 0 atom stereocenters. The Hall–Kier alpha value is -6.48. The van der Waals surface area contributed by atoms with Gasteiger partial charge in [0.15, 0.2) is 0 Å². The van der Waals surface area contributed by atoms with E-state index in [4.69, 9.17) is 0 Å². The predicted molar refractivity (Wildman–Crippen MR) is 263 cm³/mol. The maximum Gasteiger partial charge on any atom is 0.0540 e. The van der Waals surface area contributed by atoms with E-state index in [-0.39, 0.29) is 10.8 Å². The molecule has 1 nitrogen and oxygen atoms in total. The summed E-state index contributed by atoms with van der Waals surface area (Å²) in [7, 11) is 0. The van der Waals surface area contributed by atoms with Crippen LogP contribution in [0, 0.1) is 0 Å². The molecule has 1 aromatic heterocycles. The molecule has 60 heavy (non-hydrogen) atoms. The summed E-state index contributed by atoms with van der Waals surface area (Å²) in [5.41, 5.74) is 13.5. The van der Waals surface area contributed by atoms with Crippen LogP contribution in [0.2, 0.25) is 0 Å². The van der Waals surface area contributed by atoms with Crippen molar-refractivity contribution in [3.05, 3.63) is 199 Å². The van der Waals surface area contributed by atoms with Crippen LogP contribution in [0.3, 0.4) is 0 Å². The fourth-order valence-electron chi connectivity index (χ4n) is 8.93. The Labute approximate surface area is 358 Å². The van der Waals surface area contributed by atoms with Crippen LogP contribution >= 0.6 is 11.3 Å². The average Bonchev–Trinajstić information content (AvgIpc) is 3.65. The zero-order chi connectivity index (χ0) is 41.2. The van der Waals surface area contributed by atoms with Gasteiger partial charge in [-0.2, -0.15) is 0 Å². The van der Waals surface area contributed by atoms with E-state index in [0.717, 1.165) is 17.1 Å². The molecule has 9 aromatic carbocycles. The van der Waals surface area contributed by atoms with Gasteiger partial charge >= 0.3 is 0 Å². The van der Waals surface area contributed by atoms with Gasteiger partial charge in [-0.15, -0.1) is 11.3 Å². The van der Waals surface area contributed by atoms with Gasteiger partial charge in [0.2, 0.25) is 0 Å². The zero-order valence-corrected chi connectivity index (χ0v) is 36.1. The quantitative estimate of drug-likeness (QED) is 0.162. The van der Waals surface area contributed by atoms with Gasteiger partial charge in [-0.25, -0.2) is 0 Å². The molecular weight excluding hydrogens is 743 g/mol. The highest BCUT2D eigenvalue weighted by Gasteiger charge is 2.24. The van der Waals surface area contributed by atoms with Gasteiger partial charge in [0.1, 0.15) is 0 Å². The molecule has 0 radical (unpaired) electrons. The summed E-state index contributed by atoms with van der Waals surface area (Å²) >= 11 is 1.88. The molecule has 0 fully saturated rings. The second-order valence-electron chi connectivity index (χ2n) is 18.2. The second-order valence-corrected chi connectivity index (χ2v) is 19.2. The van der Waals surface area contributed by atoms with Crippen LogP contribution in [0.15, 0.2) is 188 Å². The molecule has 0 saturated heterocycles. The molecule has 10 rings (SSSR count). The van der Waals surface area contributed by atoms with E-state index in [1.165, 1.54) is 86.2 Å². The lowest BCUT2D eigenvalue weighted by Gasteiger charge is -2.30. The van der Waals surface area contributed by atoms with Crippen molar-refractivity contribution in [2.45, 2.75) is 52.4 Å². The fourth-order valence-corrected chi connectivity index (χ4v) is 10.2. The van der Waals surface area contributed by atoms with Crippen molar-refractivity contribution in [2.75, 3.05) is 4.90 Å². The largest absolute Gasteiger partial charge is 0.309 e. The van der Waals surface area contributed by atoms with Gasteiger partial charge in [0, 0.05) is 36.8 Å². The zero-order valence-electron chi connectivity index (χ0n) is 35.3. The molecule has 0 aliphatic rings. The van der Waals surface area contributed by atoms with Crippen molar-refractivity contribution in [2.24, 2.45) is 0 Å². The molecule has 1 heterocycles. The predicted octanol–water partition coefficient (Wildman–Crippen LogP) is 17.4. The van der Waals surface area contributed by atoms with Gasteiger partial charge in [0.05, 0.1) is 11.4 Å². The normalized spacial score (nSPS) is 12.2. The summed E-state index contributed by atoms with van der Waals surface area (Å²) in [5.74, 6) is 0. The fraction of sp³-hybridized carbons (Fsp3) is 0.138. The molecule has 0 saturated carbocycles. The summed E-state index contributed by atoms with van der Waals surface area (Å²) < 4.78 is 2.65. The van der Waals surface area contributed by atoms with Crippen LogP contribution < -0.4 is 4.90 Å². The van der Waals surface area contributed by atoms with Crippen LogP contribution in [-0.4, -0.2) is 0 Å². The molecular formula is C58H49NS. The third kappa shape index (κ3) is 6.66. The minimum atomic E-state index is 0.00885. The van der Waals surface area contributed by atoms with Gasteiger partial charge in [-0.05, 0) is 96.3 Å². The minimum absolute atomic E-state index is 0.00885. The van der Waals surface area contributed by atoms with Crippen molar-refractivity contribution >= 4 is 70.1 Å². The highest BCUT2D eigenvalue weighted by atomic mass is 32.1. The highest BCUT2D eigenvalue weighted by molar-refractivity contribution is 7.26. The molecule has 0 amide bonds. The first-order chi connectivity index (χ1) is 29.0. The molecule has 0 aliphatic carbocycles. The van der Waals surface area contributed by atoms with E-state index in [2.05, 4.69) is 234 Å². The SMILES string of the molecule is CC(C)(C)c1cc(-c2cccc3cccc(-c4ccccc4N(c4ccc(-c5cccc6c5sc5ccccc56)cc4)c4cccc5ccccc45)c23)cc(C(C)(C)C)c1. The summed E-state index contributed by atoms with van der Waals surface area (Å²) in [5, 5.41) is 7.56. The molecule has 0 spiro atoms. The first kappa shape index (κ1) is 37.8. The van der Waals surface area contributed by atoms with Crippen LogP contribution in [-0.2, 0) is 10.8 Å². The number of anilines is 3. The van der Waals surface area contributed by atoms with E-state index >= 15 is 0 Å². The third-order valence-electron chi connectivity index (χ3n) is 12.2. The van der Waals surface area contributed by atoms with E-state index in [0.29, 0.717) is 0 Å². The van der Waals surface area contributed by atoms with Crippen LogP contribution in [0.5, 0.6) is 0 Å².